The van der Waals surface area contributed by atoms with Crippen molar-refractivity contribution in [3.05, 3.63) is 41.5 Å². The van der Waals surface area contributed by atoms with Crippen LogP contribution in [0.3, 0.4) is 0 Å². The molecule has 0 saturated heterocycles. The molecule has 0 unspecified atom stereocenters. The Balaban J connectivity index is 1.56. The van der Waals surface area contributed by atoms with E-state index in [1.165, 1.54) is 11.1 Å². The van der Waals surface area contributed by atoms with E-state index in [-0.39, 0.29) is 11.8 Å². The van der Waals surface area contributed by atoms with Crippen molar-refractivity contribution >= 4 is 11.8 Å². The molecular weight excluding hydrogens is 364 g/mol. The number of fused-ring (bicyclic) bond motifs is 5. The van der Waals surface area contributed by atoms with Crippen molar-refractivity contribution in [2.24, 2.45) is 23.2 Å². The Morgan fingerprint density at radius 1 is 1.34 bits per heavy atom. The van der Waals surface area contributed by atoms with Crippen molar-refractivity contribution in [1.82, 2.24) is 0 Å². The Labute approximate surface area is 173 Å². The van der Waals surface area contributed by atoms with E-state index in [9.17, 15) is 9.59 Å². The van der Waals surface area contributed by atoms with E-state index in [4.69, 9.17) is 9.84 Å². The molecule has 1 aromatic rings. The Morgan fingerprint density at radius 2 is 2.17 bits per heavy atom. The van der Waals surface area contributed by atoms with Crippen LogP contribution in [0.25, 0.3) is 0 Å². The first-order valence-electron chi connectivity index (χ1n) is 11.0. The van der Waals surface area contributed by atoms with E-state index in [1.54, 1.807) is 7.11 Å². The first kappa shape index (κ1) is 20.2. The first-order valence-corrected chi connectivity index (χ1v) is 11.0. The number of aliphatic carboxylic acids is 1. The predicted molar refractivity (Wildman–Crippen MR) is 112 cm³/mol. The number of hydrogen-bond donors (Lipinski definition) is 1. The van der Waals surface area contributed by atoms with E-state index < -0.39 is 5.97 Å². The van der Waals surface area contributed by atoms with Crippen molar-refractivity contribution in [1.29, 1.82) is 0 Å². The number of carbonyl (C=O) groups is 2. The lowest BCUT2D eigenvalue weighted by Gasteiger charge is -2.49. The Hall–Kier alpha value is -2.10. The van der Waals surface area contributed by atoms with Gasteiger partial charge in [0.1, 0.15) is 11.5 Å². The average molecular weight is 397 g/mol. The SMILES string of the molecule is COc1ccc2c(c1)CC[C@H]1[C@@H]3[C@H](/C=C/CCCC(=O)O)CC(=O)[C@@]3(C)CC[C@H]21. The summed E-state index contributed by atoms with van der Waals surface area (Å²) in [7, 11) is 1.72. The van der Waals surface area contributed by atoms with Gasteiger partial charge in [-0.3, -0.25) is 9.59 Å². The molecule has 0 spiro atoms. The fraction of sp³-hybridized carbons (Fsp3) is 0.600. The minimum atomic E-state index is -0.741. The molecule has 4 heteroatoms. The van der Waals surface area contributed by atoms with Crippen molar-refractivity contribution in [2.75, 3.05) is 7.11 Å². The normalized spacial score (nSPS) is 33.2. The molecule has 5 atom stereocenters. The number of rotatable bonds is 6. The predicted octanol–water partition coefficient (Wildman–Crippen LogP) is 5.16. The summed E-state index contributed by atoms with van der Waals surface area (Å²) in [5, 5.41) is 8.81. The summed E-state index contributed by atoms with van der Waals surface area (Å²) in [6.45, 7) is 2.21. The standard InChI is InChI=1S/C25H32O4/c1-25-13-12-20-19-11-9-18(29-2)14-16(19)8-10-21(20)24(25)17(15-22(25)26)6-4-3-5-7-23(27)28/h4,6,9,11,14,17,20-21,24H,3,5,7-8,10,12-13,15H2,1-2H3,(H,27,28)/b6-4+/t17-,20-,21-,24+,25-/m1/s1. The van der Waals surface area contributed by atoms with Crippen molar-refractivity contribution in [3.63, 3.8) is 0 Å². The molecule has 0 aliphatic heterocycles. The molecule has 1 N–H and O–H groups in total. The molecular formula is C25H32O4. The van der Waals surface area contributed by atoms with E-state index >= 15 is 0 Å². The zero-order valence-electron chi connectivity index (χ0n) is 17.5. The van der Waals surface area contributed by atoms with Crippen LogP contribution in [0.2, 0.25) is 0 Å². The van der Waals surface area contributed by atoms with Gasteiger partial charge in [-0.15, -0.1) is 0 Å². The van der Waals surface area contributed by atoms with Crippen LogP contribution in [-0.2, 0) is 16.0 Å². The molecule has 3 aliphatic carbocycles. The second-order valence-corrected chi connectivity index (χ2v) is 9.36. The third-order valence-electron chi connectivity index (χ3n) is 7.85. The molecule has 4 rings (SSSR count). The molecule has 0 radical (unpaired) electrons. The molecule has 2 saturated carbocycles. The van der Waals surface area contributed by atoms with Crippen molar-refractivity contribution < 1.29 is 19.4 Å². The quantitative estimate of drug-likeness (QED) is 0.533. The van der Waals surface area contributed by atoms with Crippen LogP contribution < -0.4 is 4.74 Å². The number of unbranched alkanes of at least 4 members (excludes halogenated alkanes) is 1. The number of ether oxygens (including phenoxy) is 1. The molecule has 1 aromatic carbocycles. The lowest BCUT2D eigenvalue weighted by Crippen LogP contribution is -2.44. The van der Waals surface area contributed by atoms with Gasteiger partial charge in [0, 0.05) is 18.3 Å². The Morgan fingerprint density at radius 3 is 2.93 bits per heavy atom. The first-order chi connectivity index (χ1) is 13.9. The van der Waals surface area contributed by atoms with Gasteiger partial charge in [0.2, 0.25) is 0 Å². The molecule has 0 aromatic heterocycles. The molecule has 0 heterocycles. The van der Waals surface area contributed by atoms with Crippen LogP contribution in [0.5, 0.6) is 5.75 Å². The molecule has 0 bridgehead atoms. The fourth-order valence-corrected chi connectivity index (χ4v) is 6.45. The highest BCUT2D eigenvalue weighted by molar-refractivity contribution is 5.88. The number of allylic oxidation sites excluding steroid dienone is 2. The van der Waals surface area contributed by atoms with Gasteiger partial charge in [0.25, 0.3) is 0 Å². The third-order valence-corrected chi connectivity index (χ3v) is 7.85. The van der Waals surface area contributed by atoms with Gasteiger partial charge in [0.15, 0.2) is 0 Å². The van der Waals surface area contributed by atoms with Gasteiger partial charge in [-0.1, -0.05) is 25.1 Å². The highest BCUT2D eigenvalue weighted by Crippen LogP contribution is 2.61. The lowest BCUT2D eigenvalue weighted by atomic mass is 9.54. The minimum Gasteiger partial charge on any atom is -0.497 e. The zero-order valence-corrected chi connectivity index (χ0v) is 17.5. The summed E-state index contributed by atoms with van der Waals surface area (Å²) in [5.41, 5.74) is 2.69. The Kier molecular flexibility index (Phi) is 5.54. The maximum absolute atomic E-state index is 13.0. The van der Waals surface area contributed by atoms with Crippen LogP contribution in [0.1, 0.15) is 68.9 Å². The van der Waals surface area contributed by atoms with Gasteiger partial charge in [-0.05, 0) is 85.5 Å². The van der Waals surface area contributed by atoms with Gasteiger partial charge in [-0.25, -0.2) is 0 Å². The monoisotopic (exact) mass is 396 g/mol. The number of ketones is 1. The summed E-state index contributed by atoms with van der Waals surface area (Å²) in [5.74, 6) is 2.41. The molecule has 156 valence electrons. The zero-order chi connectivity index (χ0) is 20.6. The number of benzene rings is 1. The van der Waals surface area contributed by atoms with Crippen LogP contribution in [0, 0.1) is 23.2 Å². The number of Topliss-reactive ketones (excluding diaryl/α,β-unsaturated/α-hetero) is 1. The third kappa shape index (κ3) is 3.62. The maximum atomic E-state index is 13.0. The van der Waals surface area contributed by atoms with Crippen LogP contribution in [0.15, 0.2) is 30.4 Å². The number of hydrogen-bond acceptors (Lipinski definition) is 3. The highest BCUT2D eigenvalue weighted by Gasteiger charge is 2.57. The average Bonchev–Trinajstić information content (AvgIpc) is 2.97. The highest BCUT2D eigenvalue weighted by atomic mass is 16.5. The molecule has 0 amide bonds. The van der Waals surface area contributed by atoms with Crippen LogP contribution in [-0.4, -0.2) is 24.0 Å². The number of carbonyl (C=O) groups excluding carboxylic acids is 1. The van der Waals surface area contributed by atoms with Crippen LogP contribution in [0.4, 0.5) is 0 Å². The summed E-state index contributed by atoms with van der Waals surface area (Å²) >= 11 is 0. The van der Waals surface area contributed by atoms with Gasteiger partial charge in [-0.2, -0.15) is 0 Å². The van der Waals surface area contributed by atoms with E-state index in [2.05, 4.69) is 37.3 Å². The largest absolute Gasteiger partial charge is 0.497 e. The minimum absolute atomic E-state index is 0.193. The molecule has 29 heavy (non-hydrogen) atoms. The summed E-state index contributed by atoms with van der Waals surface area (Å²) in [4.78, 5) is 23.7. The number of aryl methyl sites for hydroxylation is 1. The van der Waals surface area contributed by atoms with Crippen LogP contribution >= 0.6 is 0 Å². The summed E-state index contributed by atoms with van der Waals surface area (Å²) in [6.07, 6.45) is 10.9. The number of carboxylic acids is 1. The smallest absolute Gasteiger partial charge is 0.303 e. The second kappa shape index (κ2) is 7.97. The van der Waals surface area contributed by atoms with E-state index in [1.807, 2.05) is 0 Å². The lowest BCUT2D eigenvalue weighted by molar-refractivity contribution is -0.137. The number of methoxy groups -OCH3 is 1. The maximum Gasteiger partial charge on any atom is 0.303 e. The van der Waals surface area contributed by atoms with Crippen molar-refractivity contribution in [3.8, 4) is 5.75 Å². The van der Waals surface area contributed by atoms with Gasteiger partial charge >= 0.3 is 5.97 Å². The molecule has 3 aliphatic rings. The Bertz CT molecular complexity index is 826. The number of carboxylic acid groups (broad SMARTS) is 1. The van der Waals surface area contributed by atoms with Gasteiger partial charge < -0.3 is 9.84 Å². The second-order valence-electron chi connectivity index (χ2n) is 9.36. The molecule has 4 nitrogen and oxygen atoms in total. The fourth-order valence-electron chi connectivity index (χ4n) is 6.45. The molecule has 2 fully saturated rings. The van der Waals surface area contributed by atoms with E-state index in [0.717, 1.165) is 37.9 Å². The van der Waals surface area contributed by atoms with Gasteiger partial charge in [0.05, 0.1) is 7.11 Å². The topological polar surface area (TPSA) is 63.6 Å². The van der Waals surface area contributed by atoms with Crippen molar-refractivity contribution in [2.45, 2.75) is 64.2 Å². The van der Waals surface area contributed by atoms with E-state index in [0.29, 0.717) is 42.3 Å². The summed E-state index contributed by atoms with van der Waals surface area (Å²) in [6, 6.07) is 6.52. The summed E-state index contributed by atoms with van der Waals surface area (Å²) < 4.78 is 5.42.